The first-order valence-electron chi connectivity index (χ1n) is 7.22. The van der Waals surface area contributed by atoms with Crippen molar-refractivity contribution < 1.29 is 14.2 Å². The van der Waals surface area contributed by atoms with Crippen molar-refractivity contribution in [2.24, 2.45) is 5.73 Å². The van der Waals surface area contributed by atoms with Crippen LogP contribution in [0.1, 0.15) is 18.0 Å². The second-order valence-electron chi connectivity index (χ2n) is 5.39. The summed E-state index contributed by atoms with van der Waals surface area (Å²) < 4.78 is 16.4. The topological polar surface area (TPSA) is 57.0 Å². The smallest absolute Gasteiger partial charge is 0.231 e. The lowest BCUT2D eigenvalue weighted by Gasteiger charge is -2.32. The van der Waals surface area contributed by atoms with Crippen molar-refractivity contribution in [2.75, 3.05) is 39.0 Å². The van der Waals surface area contributed by atoms with Gasteiger partial charge in [0, 0.05) is 24.4 Å². The van der Waals surface area contributed by atoms with Crippen molar-refractivity contribution in [1.82, 2.24) is 4.90 Å². The molecule has 2 aliphatic rings. The van der Waals surface area contributed by atoms with E-state index in [1.807, 2.05) is 23.9 Å². The molecule has 2 unspecified atom stereocenters. The highest BCUT2D eigenvalue weighted by Gasteiger charge is 2.29. The number of methoxy groups -OCH3 is 1. The predicted molar refractivity (Wildman–Crippen MR) is 84.4 cm³/mol. The number of ether oxygens (including phenoxy) is 3. The molecule has 0 aliphatic carbocycles. The Kier molecular flexibility index (Phi) is 4.47. The summed E-state index contributed by atoms with van der Waals surface area (Å²) in [6.07, 6.45) is 1.22. The summed E-state index contributed by atoms with van der Waals surface area (Å²) in [4.78, 5) is 2.39. The van der Waals surface area contributed by atoms with Crippen molar-refractivity contribution >= 4 is 11.8 Å². The molecule has 0 bridgehead atoms. The van der Waals surface area contributed by atoms with Gasteiger partial charge in [-0.2, -0.15) is 11.8 Å². The number of nitrogens with zero attached hydrogens (tertiary/aromatic N) is 1. The van der Waals surface area contributed by atoms with E-state index in [0.29, 0.717) is 24.1 Å². The minimum atomic E-state index is 0.164. The van der Waals surface area contributed by atoms with Gasteiger partial charge >= 0.3 is 0 Å². The summed E-state index contributed by atoms with van der Waals surface area (Å²) in [5.74, 6) is 4.56. The molecular formula is C15H22N2O3S. The molecule has 1 fully saturated rings. The Morgan fingerprint density at radius 2 is 2.33 bits per heavy atom. The maximum Gasteiger partial charge on any atom is 0.231 e. The zero-order valence-electron chi connectivity index (χ0n) is 12.5. The number of hydrogen-bond acceptors (Lipinski definition) is 6. The molecule has 0 saturated carbocycles. The second-order valence-corrected chi connectivity index (χ2v) is 6.54. The second kappa shape index (κ2) is 6.34. The van der Waals surface area contributed by atoms with Gasteiger partial charge in [0.2, 0.25) is 12.5 Å². The van der Waals surface area contributed by atoms with E-state index in [9.17, 15) is 0 Å². The molecule has 0 aromatic heterocycles. The Balaban J connectivity index is 1.89. The Hall–Kier alpha value is -1.11. The first-order valence-corrected chi connectivity index (χ1v) is 8.37. The lowest BCUT2D eigenvalue weighted by Crippen LogP contribution is -2.38. The van der Waals surface area contributed by atoms with E-state index in [1.165, 1.54) is 17.9 Å². The molecule has 3 rings (SSSR count). The van der Waals surface area contributed by atoms with Crippen LogP contribution >= 0.6 is 11.8 Å². The standard InChI is InChI=1S/C15H22N2O3S/c1-17(11-3-4-21-8-11)12(7-16)10-5-13(18-2)15-14(6-10)19-9-20-15/h5-6,11-12H,3-4,7-9,16H2,1-2H3. The Morgan fingerprint density at radius 3 is 3.00 bits per heavy atom. The number of hydrogen-bond donors (Lipinski definition) is 1. The van der Waals surface area contributed by atoms with E-state index in [2.05, 4.69) is 11.9 Å². The van der Waals surface area contributed by atoms with Crippen molar-refractivity contribution in [2.45, 2.75) is 18.5 Å². The molecule has 0 amide bonds. The molecule has 0 radical (unpaired) electrons. The van der Waals surface area contributed by atoms with Gasteiger partial charge in [-0.3, -0.25) is 4.90 Å². The van der Waals surface area contributed by atoms with Crippen LogP contribution in [0, 0.1) is 0 Å². The van der Waals surface area contributed by atoms with Gasteiger partial charge < -0.3 is 19.9 Å². The molecule has 2 aliphatic heterocycles. The predicted octanol–water partition coefficient (Wildman–Crippen LogP) is 1.86. The number of fused-ring (bicyclic) bond motifs is 1. The first-order chi connectivity index (χ1) is 10.2. The summed E-state index contributed by atoms with van der Waals surface area (Å²) in [5.41, 5.74) is 7.17. The Labute approximate surface area is 129 Å². The average molecular weight is 310 g/mol. The molecule has 6 heteroatoms. The third kappa shape index (κ3) is 2.80. The van der Waals surface area contributed by atoms with E-state index in [-0.39, 0.29) is 12.8 Å². The van der Waals surface area contributed by atoms with E-state index in [0.717, 1.165) is 11.3 Å². The minimum absolute atomic E-state index is 0.164. The molecular weight excluding hydrogens is 288 g/mol. The molecule has 116 valence electrons. The van der Waals surface area contributed by atoms with Gasteiger partial charge in [0.05, 0.1) is 7.11 Å². The summed E-state index contributed by atoms with van der Waals surface area (Å²) >= 11 is 2.01. The summed E-state index contributed by atoms with van der Waals surface area (Å²) in [7, 11) is 3.81. The van der Waals surface area contributed by atoms with Crippen LogP contribution in [0.4, 0.5) is 0 Å². The van der Waals surface area contributed by atoms with Crippen molar-refractivity contribution in [3.63, 3.8) is 0 Å². The number of thioether (sulfide) groups is 1. The van der Waals surface area contributed by atoms with Crippen LogP contribution in [0.25, 0.3) is 0 Å². The fourth-order valence-electron chi connectivity index (χ4n) is 2.98. The lowest BCUT2D eigenvalue weighted by atomic mass is 10.0. The monoisotopic (exact) mass is 310 g/mol. The molecule has 2 N–H and O–H groups in total. The van der Waals surface area contributed by atoms with Gasteiger partial charge in [0.25, 0.3) is 0 Å². The van der Waals surface area contributed by atoms with E-state index in [4.69, 9.17) is 19.9 Å². The average Bonchev–Trinajstić information content (AvgIpc) is 3.18. The largest absolute Gasteiger partial charge is 0.493 e. The molecule has 0 spiro atoms. The number of nitrogens with two attached hydrogens (primary N) is 1. The molecule has 1 saturated heterocycles. The van der Waals surface area contributed by atoms with E-state index < -0.39 is 0 Å². The highest BCUT2D eigenvalue weighted by atomic mass is 32.2. The van der Waals surface area contributed by atoms with Gasteiger partial charge in [-0.15, -0.1) is 0 Å². The Morgan fingerprint density at radius 1 is 1.48 bits per heavy atom. The van der Waals surface area contributed by atoms with Crippen LogP contribution in [-0.2, 0) is 0 Å². The summed E-state index contributed by atoms with van der Waals surface area (Å²) in [6.45, 7) is 0.817. The van der Waals surface area contributed by atoms with Crippen molar-refractivity contribution in [1.29, 1.82) is 0 Å². The quantitative estimate of drug-likeness (QED) is 0.896. The summed E-state index contributed by atoms with van der Waals surface area (Å²) in [6, 6.07) is 4.79. The normalized spacial score (nSPS) is 21.8. The maximum absolute atomic E-state index is 6.05. The molecule has 5 nitrogen and oxygen atoms in total. The lowest BCUT2D eigenvalue weighted by molar-refractivity contribution is 0.171. The zero-order chi connectivity index (χ0) is 14.8. The SMILES string of the molecule is COc1cc(C(CN)N(C)C2CCSC2)cc2c1OCO2. The van der Waals surface area contributed by atoms with Crippen LogP contribution in [0.5, 0.6) is 17.2 Å². The highest BCUT2D eigenvalue weighted by Crippen LogP contribution is 2.43. The molecule has 1 aromatic rings. The zero-order valence-corrected chi connectivity index (χ0v) is 13.3. The fraction of sp³-hybridized carbons (Fsp3) is 0.600. The van der Waals surface area contributed by atoms with Crippen LogP contribution in [0.15, 0.2) is 12.1 Å². The van der Waals surface area contributed by atoms with Crippen molar-refractivity contribution in [3.05, 3.63) is 17.7 Å². The third-order valence-electron chi connectivity index (χ3n) is 4.26. The number of rotatable bonds is 5. The van der Waals surface area contributed by atoms with Gasteiger partial charge in [-0.05, 0) is 36.9 Å². The van der Waals surface area contributed by atoms with Gasteiger partial charge in [-0.25, -0.2) is 0 Å². The van der Waals surface area contributed by atoms with Crippen LogP contribution in [0.3, 0.4) is 0 Å². The van der Waals surface area contributed by atoms with Gasteiger partial charge in [0.1, 0.15) is 0 Å². The van der Waals surface area contributed by atoms with E-state index in [1.54, 1.807) is 7.11 Å². The Bertz CT molecular complexity index is 506. The van der Waals surface area contributed by atoms with Crippen LogP contribution in [-0.4, -0.2) is 49.9 Å². The molecule has 21 heavy (non-hydrogen) atoms. The first kappa shape index (κ1) is 14.8. The van der Waals surface area contributed by atoms with E-state index >= 15 is 0 Å². The van der Waals surface area contributed by atoms with Crippen molar-refractivity contribution in [3.8, 4) is 17.2 Å². The van der Waals surface area contributed by atoms with Gasteiger partial charge in [-0.1, -0.05) is 0 Å². The number of benzene rings is 1. The number of likely N-dealkylation sites (N-methyl/N-ethyl adjacent to an activating group) is 1. The third-order valence-corrected chi connectivity index (χ3v) is 5.41. The van der Waals surface area contributed by atoms with Crippen LogP contribution < -0.4 is 19.9 Å². The summed E-state index contributed by atoms with van der Waals surface area (Å²) in [5, 5.41) is 0. The molecule has 2 atom stereocenters. The minimum Gasteiger partial charge on any atom is -0.493 e. The van der Waals surface area contributed by atoms with Gasteiger partial charge in [0.15, 0.2) is 11.5 Å². The van der Waals surface area contributed by atoms with Crippen LogP contribution in [0.2, 0.25) is 0 Å². The highest BCUT2D eigenvalue weighted by molar-refractivity contribution is 7.99. The fourth-order valence-corrected chi connectivity index (χ4v) is 4.26. The molecule has 2 heterocycles. The maximum atomic E-state index is 6.05. The molecule has 1 aromatic carbocycles.